The van der Waals surface area contributed by atoms with Crippen molar-refractivity contribution in [1.29, 1.82) is 0 Å². The Kier molecular flexibility index (Phi) is 16.4. The number of carbonyl (C=O) groups is 5. The zero-order valence-corrected chi connectivity index (χ0v) is 33.8. The number of benzene rings is 1. The van der Waals surface area contributed by atoms with E-state index in [1.807, 2.05) is 70.0 Å². The van der Waals surface area contributed by atoms with Crippen molar-refractivity contribution in [1.82, 2.24) is 25.8 Å². The molecule has 4 N–H and O–H groups in total. The standard InChI is InChI=1S/C40H61N5O7S/c1-10-25(4)33(44-35(47)31-18-14-15-19-45(31)9)36(48)42-29(24(2)3)22-32(52-39(51)40(6,7)8)37-43-30(23-53-37)34(46)41-28(20-26(5)38(49)50)21-27-16-12-11-13-17-27/h11-13,16-17,23-26,28-29,31-33H,10,14-15,18-22H2,1-9H3,(H,41,46)(H,42,48)(H,44,47)(H,49,50). The summed E-state index contributed by atoms with van der Waals surface area (Å²) < 4.78 is 6.07. The summed E-state index contributed by atoms with van der Waals surface area (Å²) in [6.45, 7) is 15.6. The highest BCUT2D eigenvalue weighted by Crippen LogP contribution is 2.31. The van der Waals surface area contributed by atoms with Crippen molar-refractivity contribution in [3.8, 4) is 0 Å². The molecule has 0 aliphatic carbocycles. The molecule has 53 heavy (non-hydrogen) atoms. The van der Waals surface area contributed by atoms with Gasteiger partial charge < -0.3 is 25.8 Å². The first-order valence-corrected chi connectivity index (χ1v) is 19.8. The molecule has 2 aromatic rings. The number of piperidine rings is 1. The summed E-state index contributed by atoms with van der Waals surface area (Å²) in [5, 5.41) is 20.8. The lowest BCUT2D eigenvalue weighted by Gasteiger charge is -2.34. The van der Waals surface area contributed by atoms with Crippen LogP contribution in [0.5, 0.6) is 0 Å². The van der Waals surface area contributed by atoms with E-state index >= 15 is 0 Å². The quantitative estimate of drug-likeness (QED) is 0.138. The molecule has 1 aliphatic heterocycles. The normalized spacial score (nSPS) is 18.6. The molecule has 0 spiro atoms. The number of aliphatic carboxylic acids is 1. The van der Waals surface area contributed by atoms with Crippen molar-refractivity contribution >= 4 is 41.0 Å². The number of carboxylic acids is 1. The molecule has 0 radical (unpaired) electrons. The summed E-state index contributed by atoms with van der Waals surface area (Å²) in [6.07, 6.45) is 3.42. The fraction of sp³-hybridized carbons (Fsp3) is 0.650. The highest BCUT2D eigenvalue weighted by molar-refractivity contribution is 7.09. The number of carboxylic acid groups (broad SMARTS) is 1. The molecule has 2 heterocycles. The number of amides is 3. The van der Waals surface area contributed by atoms with E-state index in [0.717, 1.165) is 31.4 Å². The van der Waals surface area contributed by atoms with Gasteiger partial charge in [0.1, 0.15) is 16.7 Å². The van der Waals surface area contributed by atoms with E-state index in [9.17, 15) is 29.1 Å². The Balaban J connectivity index is 1.84. The lowest BCUT2D eigenvalue weighted by Crippen LogP contribution is -2.57. The number of rotatable bonds is 18. The van der Waals surface area contributed by atoms with E-state index in [2.05, 4.69) is 20.9 Å². The van der Waals surface area contributed by atoms with Crippen LogP contribution in [0.2, 0.25) is 0 Å². The van der Waals surface area contributed by atoms with Crippen molar-refractivity contribution in [2.24, 2.45) is 23.2 Å². The van der Waals surface area contributed by atoms with E-state index in [1.54, 1.807) is 33.1 Å². The number of thiazole rings is 1. The third-order valence-corrected chi connectivity index (χ3v) is 11.0. The van der Waals surface area contributed by atoms with Gasteiger partial charge in [0, 0.05) is 23.9 Å². The predicted octanol–water partition coefficient (Wildman–Crippen LogP) is 5.77. The van der Waals surface area contributed by atoms with Crippen molar-refractivity contribution in [2.45, 2.75) is 131 Å². The van der Waals surface area contributed by atoms with Gasteiger partial charge in [0.15, 0.2) is 6.10 Å². The van der Waals surface area contributed by atoms with Gasteiger partial charge in [0.05, 0.1) is 17.4 Å². The number of likely N-dealkylation sites (tertiary alicyclic amines) is 1. The summed E-state index contributed by atoms with van der Waals surface area (Å²) in [6, 6.07) is 7.58. The van der Waals surface area contributed by atoms with Crippen LogP contribution in [0.15, 0.2) is 35.7 Å². The molecule has 12 nitrogen and oxygen atoms in total. The first-order chi connectivity index (χ1) is 24.9. The van der Waals surface area contributed by atoms with Crippen molar-refractivity contribution in [3.05, 3.63) is 52.0 Å². The molecule has 1 aliphatic rings. The number of nitrogens with one attached hydrogen (secondary N) is 3. The molecule has 3 rings (SSSR count). The van der Waals surface area contributed by atoms with Gasteiger partial charge >= 0.3 is 11.9 Å². The first kappa shape index (κ1) is 43.6. The Bertz CT molecular complexity index is 1520. The predicted molar refractivity (Wildman–Crippen MR) is 206 cm³/mol. The van der Waals surface area contributed by atoms with Gasteiger partial charge in [-0.05, 0) is 77.4 Å². The van der Waals surface area contributed by atoms with E-state index in [-0.39, 0.29) is 48.2 Å². The Morgan fingerprint density at radius 2 is 1.68 bits per heavy atom. The fourth-order valence-corrected chi connectivity index (χ4v) is 7.12. The highest BCUT2D eigenvalue weighted by Gasteiger charge is 2.36. The summed E-state index contributed by atoms with van der Waals surface area (Å²) in [7, 11) is 1.94. The zero-order valence-electron chi connectivity index (χ0n) is 32.9. The number of hydrogen-bond donors (Lipinski definition) is 4. The second-order valence-electron chi connectivity index (χ2n) is 16.0. The molecule has 13 heteroatoms. The number of hydrogen-bond acceptors (Lipinski definition) is 9. The molecule has 3 amide bonds. The molecule has 7 unspecified atom stereocenters. The Morgan fingerprint density at radius 1 is 1.00 bits per heavy atom. The van der Waals surface area contributed by atoms with Crippen LogP contribution >= 0.6 is 11.3 Å². The molecule has 1 saturated heterocycles. The topological polar surface area (TPSA) is 167 Å². The van der Waals surface area contributed by atoms with Gasteiger partial charge in [-0.1, -0.05) is 77.8 Å². The van der Waals surface area contributed by atoms with Gasteiger partial charge in [-0.25, -0.2) is 4.98 Å². The second kappa shape index (κ2) is 20.0. The van der Waals surface area contributed by atoms with Gasteiger partial charge in [0.2, 0.25) is 11.8 Å². The number of esters is 1. The number of aromatic nitrogens is 1. The Morgan fingerprint density at radius 3 is 2.26 bits per heavy atom. The molecule has 7 atom stereocenters. The fourth-order valence-electron chi connectivity index (χ4n) is 6.28. The zero-order chi connectivity index (χ0) is 39.5. The maximum absolute atomic E-state index is 14.0. The summed E-state index contributed by atoms with van der Waals surface area (Å²) in [5.41, 5.74) is 0.262. The summed E-state index contributed by atoms with van der Waals surface area (Å²) >= 11 is 1.18. The average molecular weight is 756 g/mol. The third kappa shape index (κ3) is 13.2. The minimum absolute atomic E-state index is 0.0785. The maximum atomic E-state index is 14.0. The monoisotopic (exact) mass is 755 g/mol. The molecule has 1 fully saturated rings. The molecule has 0 saturated carbocycles. The first-order valence-electron chi connectivity index (χ1n) is 19.0. The van der Waals surface area contributed by atoms with Crippen LogP contribution in [0, 0.1) is 23.2 Å². The minimum atomic E-state index is -0.946. The summed E-state index contributed by atoms with van der Waals surface area (Å²) in [4.78, 5) is 72.5. The number of carbonyl (C=O) groups excluding carboxylic acids is 4. The van der Waals surface area contributed by atoms with Gasteiger partial charge in [-0.3, -0.25) is 28.9 Å². The number of nitrogens with zero attached hydrogens (tertiary/aromatic N) is 2. The average Bonchev–Trinajstić information content (AvgIpc) is 3.60. The Labute approximate surface area is 319 Å². The number of likely N-dealkylation sites (N-methyl/N-ethyl adjacent to an activating group) is 1. The van der Waals surface area contributed by atoms with E-state index in [0.29, 0.717) is 17.8 Å². The van der Waals surface area contributed by atoms with Gasteiger partial charge in [-0.15, -0.1) is 11.3 Å². The molecular weight excluding hydrogens is 695 g/mol. The van der Waals surface area contributed by atoms with Gasteiger partial charge in [-0.2, -0.15) is 0 Å². The SMILES string of the molecule is CCC(C)C(NC(=O)C1CCCCN1C)C(=O)NC(CC(OC(=O)C(C)(C)C)c1nc(C(=O)NC(Cc2ccccc2)CC(C)C(=O)O)cs1)C(C)C. The molecule has 0 bridgehead atoms. The maximum Gasteiger partial charge on any atom is 0.311 e. The van der Waals surface area contributed by atoms with Crippen LogP contribution in [-0.2, 0) is 30.3 Å². The van der Waals surface area contributed by atoms with Crippen LogP contribution in [0.3, 0.4) is 0 Å². The minimum Gasteiger partial charge on any atom is -0.481 e. The van der Waals surface area contributed by atoms with Crippen LogP contribution in [0.25, 0.3) is 0 Å². The van der Waals surface area contributed by atoms with Gasteiger partial charge in [0.25, 0.3) is 5.91 Å². The molecule has 1 aromatic heterocycles. The lowest BCUT2D eigenvalue weighted by molar-refractivity contribution is -0.160. The van der Waals surface area contributed by atoms with Crippen molar-refractivity contribution < 1.29 is 33.8 Å². The van der Waals surface area contributed by atoms with Crippen LogP contribution < -0.4 is 16.0 Å². The lowest BCUT2D eigenvalue weighted by atomic mass is 9.93. The number of ether oxygens (including phenoxy) is 1. The largest absolute Gasteiger partial charge is 0.481 e. The highest BCUT2D eigenvalue weighted by atomic mass is 32.1. The summed E-state index contributed by atoms with van der Waals surface area (Å²) in [5.74, 6) is -3.20. The van der Waals surface area contributed by atoms with E-state index in [1.165, 1.54) is 11.3 Å². The van der Waals surface area contributed by atoms with E-state index in [4.69, 9.17) is 4.74 Å². The van der Waals surface area contributed by atoms with Crippen LogP contribution in [0.1, 0.15) is 121 Å². The molecule has 1 aromatic carbocycles. The molecular formula is C40H61N5O7S. The Hall–Kier alpha value is -3.84. The third-order valence-electron chi connectivity index (χ3n) is 10.1. The second-order valence-corrected chi connectivity index (χ2v) is 16.9. The van der Waals surface area contributed by atoms with Crippen LogP contribution in [0.4, 0.5) is 0 Å². The smallest absolute Gasteiger partial charge is 0.311 e. The van der Waals surface area contributed by atoms with Crippen molar-refractivity contribution in [2.75, 3.05) is 13.6 Å². The van der Waals surface area contributed by atoms with Crippen LogP contribution in [-0.4, -0.2) is 82.4 Å². The molecule has 294 valence electrons. The van der Waals surface area contributed by atoms with E-state index < -0.39 is 53.4 Å². The van der Waals surface area contributed by atoms with Crippen molar-refractivity contribution in [3.63, 3.8) is 0 Å².